The lowest BCUT2D eigenvalue weighted by atomic mass is 10.1. The summed E-state index contributed by atoms with van der Waals surface area (Å²) in [6.45, 7) is 7.96. The predicted molar refractivity (Wildman–Crippen MR) is 104 cm³/mol. The largest absolute Gasteiger partial charge is 0.467 e. The molecule has 0 radical (unpaired) electrons. The molecule has 0 aliphatic heterocycles. The second kappa shape index (κ2) is 17.6. The topological polar surface area (TPSA) is 83.5 Å². The smallest absolute Gasteiger partial charge is 0.273 e. The Hall–Kier alpha value is -1.18. The number of hydrogen-bond acceptors (Lipinski definition) is 6. The predicted octanol–water partition coefficient (Wildman–Crippen LogP) is 2.97. The molecular weight excluding hydrogens is 338 g/mol. The number of aliphatic hydroxyl groups excluding tert-OH is 1. The van der Waals surface area contributed by atoms with Gasteiger partial charge in [0.1, 0.15) is 12.7 Å². The molecule has 1 rings (SSSR count). The van der Waals surface area contributed by atoms with Gasteiger partial charge in [-0.1, -0.05) is 64.2 Å². The number of aromatic nitrogens is 1. The highest BCUT2D eigenvalue weighted by molar-refractivity contribution is 7.11. The van der Waals surface area contributed by atoms with Gasteiger partial charge in [-0.3, -0.25) is 4.79 Å². The van der Waals surface area contributed by atoms with Crippen molar-refractivity contribution in [2.75, 3.05) is 19.7 Å². The van der Waals surface area contributed by atoms with E-state index in [0.29, 0.717) is 17.8 Å². The molecule has 25 heavy (non-hydrogen) atoms. The first-order valence-corrected chi connectivity index (χ1v) is 10.1. The Morgan fingerprint density at radius 2 is 2.00 bits per heavy atom. The van der Waals surface area contributed by atoms with Gasteiger partial charge in [0.15, 0.2) is 0 Å². The van der Waals surface area contributed by atoms with E-state index < -0.39 is 6.10 Å². The third-order valence-electron chi connectivity index (χ3n) is 3.33. The molecule has 1 atom stereocenters. The zero-order valence-corrected chi connectivity index (χ0v) is 16.7. The summed E-state index contributed by atoms with van der Waals surface area (Å²) < 4.78 is 5.26. The molecule has 1 heterocycles. The highest BCUT2D eigenvalue weighted by Crippen LogP contribution is 2.13. The van der Waals surface area contributed by atoms with Crippen LogP contribution in [0, 0.1) is 0 Å². The van der Waals surface area contributed by atoms with E-state index in [1.54, 1.807) is 6.20 Å². The van der Waals surface area contributed by atoms with Crippen LogP contribution in [-0.4, -0.2) is 48.3 Å². The van der Waals surface area contributed by atoms with E-state index in [2.05, 4.69) is 22.5 Å². The van der Waals surface area contributed by atoms with Crippen molar-refractivity contribution in [3.05, 3.63) is 11.6 Å². The molecule has 0 saturated heterocycles. The molecule has 0 aliphatic rings. The fourth-order valence-corrected chi connectivity index (χ4v) is 2.44. The molecule has 146 valence electrons. The number of carbonyl (C=O) groups excluding carboxylic acids is 1. The molecule has 0 aromatic carbocycles. The molecule has 0 bridgehead atoms. The van der Waals surface area contributed by atoms with E-state index in [1.165, 1.54) is 43.4 Å². The van der Waals surface area contributed by atoms with E-state index in [9.17, 15) is 9.90 Å². The van der Waals surface area contributed by atoms with Gasteiger partial charge in [0, 0.05) is 30.7 Å². The van der Waals surface area contributed by atoms with Crippen molar-refractivity contribution in [3.63, 3.8) is 0 Å². The van der Waals surface area contributed by atoms with Crippen LogP contribution in [0.5, 0.6) is 5.19 Å². The van der Waals surface area contributed by atoms with Gasteiger partial charge in [-0.15, -0.1) is 0 Å². The number of aliphatic hydroxyl groups is 1. The van der Waals surface area contributed by atoms with E-state index in [4.69, 9.17) is 4.74 Å². The lowest BCUT2D eigenvalue weighted by Crippen LogP contribution is -2.35. The van der Waals surface area contributed by atoms with E-state index >= 15 is 0 Å². The molecule has 1 aromatic rings. The number of amides is 1. The first kappa shape index (κ1) is 23.8. The summed E-state index contributed by atoms with van der Waals surface area (Å²) >= 11 is 1.42. The fourth-order valence-electron chi connectivity index (χ4n) is 1.95. The summed E-state index contributed by atoms with van der Waals surface area (Å²) in [7, 11) is 0. The maximum atomic E-state index is 9.83. The summed E-state index contributed by atoms with van der Waals surface area (Å²) in [5.41, 5.74) is 0. The standard InChI is InChI=1S/C9H16N2O2S.C9H19NO/c1-7(2)11-5-8(12)6-13-9-10-3-4-14-9;1-2-3-4-5-6-7-8-10-9-11/h3-4,7-8,11-12H,5-6H2,1-2H3;9H,2-8H2,1H3,(H,10,11). The number of rotatable bonds is 14. The lowest BCUT2D eigenvalue weighted by Gasteiger charge is -2.13. The molecule has 3 N–H and O–H groups in total. The number of nitrogens with one attached hydrogen (secondary N) is 2. The number of nitrogens with zero attached hydrogens (tertiary/aromatic N) is 1. The number of thiazole rings is 1. The Bertz CT molecular complexity index is 389. The van der Waals surface area contributed by atoms with Crippen LogP contribution in [0.1, 0.15) is 59.3 Å². The minimum atomic E-state index is -0.485. The third kappa shape index (κ3) is 17.4. The fraction of sp³-hybridized carbons (Fsp3) is 0.778. The Balaban J connectivity index is 0.000000477. The quantitative estimate of drug-likeness (QED) is 0.345. The van der Waals surface area contributed by atoms with Crippen molar-refractivity contribution < 1.29 is 14.6 Å². The Labute approximate surface area is 156 Å². The maximum absolute atomic E-state index is 9.83. The average molecular weight is 374 g/mol. The number of hydrogen-bond donors (Lipinski definition) is 3. The Morgan fingerprint density at radius 3 is 2.60 bits per heavy atom. The van der Waals surface area contributed by atoms with Crippen LogP contribution in [0.3, 0.4) is 0 Å². The minimum absolute atomic E-state index is 0.285. The Morgan fingerprint density at radius 1 is 1.28 bits per heavy atom. The van der Waals surface area contributed by atoms with E-state index in [1.807, 2.05) is 19.2 Å². The SMILES string of the molecule is CC(C)NCC(O)COc1nccs1.CCCCCCCCNC=O. The van der Waals surface area contributed by atoms with Crippen LogP contribution in [0.25, 0.3) is 0 Å². The van der Waals surface area contributed by atoms with Crippen LogP contribution in [0.15, 0.2) is 11.6 Å². The third-order valence-corrected chi connectivity index (χ3v) is 4.01. The van der Waals surface area contributed by atoms with Gasteiger partial charge in [0.2, 0.25) is 6.41 Å². The van der Waals surface area contributed by atoms with Gasteiger partial charge in [0.25, 0.3) is 5.19 Å². The van der Waals surface area contributed by atoms with Crippen molar-refractivity contribution in [1.82, 2.24) is 15.6 Å². The zero-order valence-electron chi connectivity index (χ0n) is 15.9. The van der Waals surface area contributed by atoms with Gasteiger partial charge in [-0.25, -0.2) is 4.98 Å². The monoisotopic (exact) mass is 373 g/mol. The van der Waals surface area contributed by atoms with Crippen LogP contribution >= 0.6 is 11.3 Å². The van der Waals surface area contributed by atoms with Gasteiger partial charge >= 0.3 is 0 Å². The summed E-state index contributed by atoms with van der Waals surface area (Å²) in [5, 5.41) is 17.7. The minimum Gasteiger partial charge on any atom is -0.467 e. The average Bonchev–Trinajstić information content (AvgIpc) is 3.11. The van der Waals surface area contributed by atoms with Gasteiger partial charge in [0.05, 0.1) is 0 Å². The summed E-state index contributed by atoms with van der Waals surface area (Å²) in [6.07, 6.45) is 9.65. The highest BCUT2D eigenvalue weighted by Gasteiger charge is 2.06. The second-order valence-corrected chi connectivity index (χ2v) is 7.02. The highest BCUT2D eigenvalue weighted by atomic mass is 32.1. The van der Waals surface area contributed by atoms with Crippen molar-refractivity contribution >= 4 is 17.7 Å². The molecule has 0 saturated carbocycles. The second-order valence-electron chi connectivity index (χ2n) is 6.17. The van der Waals surface area contributed by atoms with E-state index in [0.717, 1.165) is 19.4 Å². The molecule has 1 aromatic heterocycles. The number of ether oxygens (including phenoxy) is 1. The summed E-state index contributed by atoms with van der Waals surface area (Å²) in [6, 6.07) is 0.379. The van der Waals surface area contributed by atoms with Crippen LogP contribution < -0.4 is 15.4 Å². The molecule has 7 heteroatoms. The number of carbonyl (C=O) groups is 1. The summed E-state index contributed by atoms with van der Waals surface area (Å²) in [5.74, 6) is 0. The normalized spacial score (nSPS) is 11.6. The number of unbranched alkanes of at least 4 members (excludes halogenated alkanes) is 5. The molecular formula is C18H35N3O3S. The van der Waals surface area contributed by atoms with Gasteiger partial charge in [-0.2, -0.15) is 0 Å². The molecule has 6 nitrogen and oxygen atoms in total. The maximum Gasteiger partial charge on any atom is 0.273 e. The van der Waals surface area contributed by atoms with Gasteiger partial charge in [-0.05, 0) is 6.42 Å². The molecule has 0 spiro atoms. The molecule has 0 fully saturated rings. The first-order valence-electron chi connectivity index (χ1n) is 9.20. The molecule has 0 aliphatic carbocycles. The van der Waals surface area contributed by atoms with Crippen molar-refractivity contribution in [2.45, 2.75) is 71.4 Å². The zero-order chi connectivity index (χ0) is 18.8. The summed E-state index contributed by atoms with van der Waals surface area (Å²) in [4.78, 5) is 13.8. The van der Waals surface area contributed by atoms with Crippen LogP contribution in [0.2, 0.25) is 0 Å². The van der Waals surface area contributed by atoms with E-state index in [-0.39, 0.29) is 6.61 Å². The molecule has 1 unspecified atom stereocenters. The van der Waals surface area contributed by atoms with Crippen molar-refractivity contribution in [1.29, 1.82) is 0 Å². The first-order chi connectivity index (χ1) is 12.1. The van der Waals surface area contributed by atoms with Crippen molar-refractivity contribution in [3.8, 4) is 5.19 Å². The Kier molecular flexibility index (Phi) is 16.8. The van der Waals surface area contributed by atoms with Crippen LogP contribution in [0.4, 0.5) is 0 Å². The molecule has 1 amide bonds. The van der Waals surface area contributed by atoms with Gasteiger partial charge < -0.3 is 20.5 Å². The van der Waals surface area contributed by atoms with Crippen molar-refractivity contribution in [2.24, 2.45) is 0 Å². The lowest BCUT2D eigenvalue weighted by molar-refractivity contribution is -0.109. The van der Waals surface area contributed by atoms with Crippen LogP contribution in [-0.2, 0) is 4.79 Å².